The standard InChI is InChI=1S/C10H8Cl2O2/c11-9(12)10(13)14-7-6-8-4-2-1-3-5-8/h1-7,9H/b7-6-. The molecular weight excluding hydrogens is 223 g/mol. The zero-order chi connectivity index (χ0) is 10.4. The van der Waals surface area contributed by atoms with Gasteiger partial charge in [0, 0.05) is 0 Å². The lowest BCUT2D eigenvalue weighted by Crippen LogP contribution is -2.08. The van der Waals surface area contributed by atoms with Crippen molar-refractivity contribution in [2.24, 2.45) is 0 Å². The molecule has 0 atom stereocenters. The summed E-state index contributed by atoms with van der Waals surface area (Å²) in [5, 5.41) is 0. The van der Waals surface area contributed by atoms with Crippen molar-refractivity contribution in [3.63, 3.8) is 0 Å². The van der Waals surface area contributed by atoms with Gasteiger partial charge in [-0.05, 0) is 11.6 Å². The minimum atomic E-state index is -1.14. The molecule has 0 aliphatic rings. The van der Waals surface area contributed by atoms with Crippen molar-refractivity contribution in [3.8, 4) is 0 Å². The van der Waals surface area contributed by atoms with Crippen LogP contribution in [-0.2, 0) is 9.53 Å². The first-order valence-corrected chi connectivity index (χ1v) is 4.77. The number of hydrogen-bond acceptors (Lipinski definition) is 2. The lowest BCUT2D eigenvalue weighted by Gasteiger charge is -1.97. The third-order valence-corrected chi connectivity index (χ3v) is 1.78. The Morgan fingerprint density at radius 1 is 1.29 bits per heavy atom. The van der Waals surface area contributed by atoms with Gasteiger partial charge in [-0.15, -0.1) is 0 Å². The smallest absolute Gasteiger partial charge is 0.344 e. The Kier molecular flexibility index (Phi) is 4.50. The van der Waals surface area contributed by atoms with Gasteiger partial charge in [-0.2, -0.15) is 0 Å². The van der Waals surface area contributed by atoms with Crippen molar-refractivity contribution < 1.29 is 9.53 Å². The summed E-state index contributed by atoms with van der Waals surface area (Å²) in [6, 6.07) is 9.42. The zero-order valence-electron chi connectivity index (χ0n) is 7.19. The number of ether oxygens (including phenoxy) is 1. The highest BCUT2D eigenvalue weighted by Crippen LogP contribution is 2.05. The Bertz CT molecular complexity index is 320. The maximum absolute atomic E-state index is 10.8. The largest absolute Gasteiger partial charge is 0.432 e. The second-order valence-electron chi connectivity index (χ2n) is 2.45. The summed E-state index contributed by atoms with van der Waals surface area (Å²) >= 11 is 10.5. The number of rotatable bonds is 3. The summed E-state index contributed by atoms with van der Waals surface area (Å²) in [5.41, 5.74) is 0.931. The first-order chi connectivity index (χ1) is 6.70. The zero-order valence-corrected chi connectivity index (χ0v) is 8.70. The average Bonchev–Trinajstić information content (AvgIpc) is 2.19. The van der Waals surface area contributed by atoms with Crippen LogP contribution in [0.25, 0.3) is 6.08 Å². The molecule has 2 nitrogen and oxygen atoms in total. The van der Waals surface area contributed by atoms with Crippen molar-refractivity contribution in [1.29, 1.82) is 0 Å². The Balaban J connectivity index is 2.46. The molecule has 0 saturated carbocycles. The van der Waals surface area contributed by atoms with Crippen LogP contribution in [-0.4, -0.2) is 10.8 Å². The van der Waals surface area contributed by atoms with Gasteiger partial charge >= 0.3 is 5.97 Å². The van der Waals surface area contributed by atoms with E-state index >= 15 is 0 Å². The molecule has 0 heterocycles. The molecule has 14 heavy (non-hydrogen) atoms. The summed E-state index contributed by atoms with van der Waals surface area (Å²) in [7, 11) is 0. The summed E-state index contributed by atoms with van der Waals surface area (Å²) in [6.45, 7) is 0. The SMILES string of the molecule is O=C(O/C=C\c1ccccc1)C(Cl)Cl. The number of esters is 1. The van der Waals surface area contributed by atoms with E-state index in [0.29, 0.717) is 0 Å². The molecule has 0 fully saturated rings. The molecule has 1 rings (SSSR count). The van der Waals surface area contributed by atoms with Crippen molar-refractivity contribution in [3.05, 3.63) is 42.2 Å². The van der Waals surface area contributed by atoms with Crippen LogP contribution in [0.2, 0.25) is 0 Å². The maximum atomic E-state index is 10.8. The van der Waals surface area contributed by atoms with E-state index < -0.39 is 10.8 Å². The molecule has 0 amide bonds. The monoisotopic (exact) mass is 230 g/mol. The van der Waals surface area contributed by atoms with Crippen molar-refractivity contribution in [2.75, 3.05) is 0 Å². The number of alkyl halides is 2. The number of hydrogen-bond donors (Lipinski definition) is 0. The summed E-state index contributed by atoms with van der Waals surface area (Å²) in [5.74, 6) is -0.680. The summed E-state index contributed by atoms with van der Waals surface area (Å²) in [6.07, 6.45) is 2.91. The molecule has 1 aromatic carbocycles. The van der Waals surface area contributed by atoms with Crippen LogP contribution in [0.4, 0.5) is 0 Å². The second-order valence-corrected chi connectivity index (χ2v) is 3.55. The predicted octanol–water partition coefficient (Wildman–Crippen LogP) is 3.00. The minimum absolute atomic E-state index is 0.680. The fourth-order valence-electron chi connectivity index (χ4n) is 0.795. The molecule has 0 aromatic heterocycles. The molecule has 0 saturated heterocycles. The van der Waals surface area contributed by atoms with E-state index in [1.807, 2.05) is 30.3 Å². The number of carbonyl (C=O) groups excluding carboxylic acids is 1. The third-order valence-electron chi connectivity index (χ3n) is 1.42. The van der Waals surface area contributed by atoms with Gasteiger partial charge in [-0.25, -0.2) is 4.79 Å². The second kappa shape index (κ2) is 5.68. The highest BCUT2D eigenvalue weighted by atomic mass is 35.5. The summed E-state index contributed by atoms with van der Waals surface area (Å²) in [4.78, 5) is 9.65. The Labute approximate surface area is 92.1 Å². The van der Waals surface area contributed by atoms with Gasteiger partial charge in [-0.3, -0.25) is 0 Å². The van der Waals surface area contributed by atoms with Crippen LogP contribution >= 0.6 is 23.2 Å². The van der Waals surface area contributed by atoms with E-state index in [2.05, 4.69) is 4.74 Å². The minimum Gasteiger partial charge on any atom is -0.432 e. The third kappa shape index (κ3) is 3.81. The van der Waals surface area contributed by atoms with Gasteiger partial charge in [-0.1, -0.05) is 53.5 Å². The van der Waals surface area contributed by atoms with Gasteiger partial charge in [0.15, 0.2) is 0 Å². The van der Waals surface area contributed by atoms with Gasteiger partial charge in [0.25, 0.3) is 0 Å². The Morgan fingerprint density at radius 2 is 1.93 bits per heavy atom. The van der Waals surface area contributed by atoms with Crippen LogP contribution in [0.15, 0.2) is 36.6 Å². The van der Waals surface area contributed by atoms with E-state index in [4.69, 9.17) is 23.2 Å². The van der Waals surface area contributed by atoms with Gasteiger partial charge < -0.3 is 4.74 Å². The molecule has 0 unspecified atom stereocenters. The van der Waals surface area contributed by atoms with E-state index in [1.54, 1.807) is 6.08 Å². The molecular formula is C10H8Cl2O2. The van der Waals surface area contributed by atoms with E-state index in [-0.39, 0.29) is 0 Å². The van der Waals surface area contributed by atoms with E-state index in [9.17, 15) is 4.79 Å². The van der Waals surface area contributed by atoms with Crippen LogP contribution in [0, 0.1) is 0 Å². The fraction of sp³-hybridized carbons (Fsp3) is 0.100. The molecule has 74 valence electrons. The Hall–Kier alpha value is -0.990. The van der Waals surface area contributed by atoms with Crippen LogP contribution < -0.4 is 0 Å². The highest BCUT2D eigenvalue weighted by Gasteiger charge is 2.10. The van der Waals surface area contributed by atoms with Gasteiger partial charge in [0.1, 0.15) is 0 Å². The maximum Gasteiger partial charge on any atom is 0.344 e. The van der Waals surface area contributed by atoms with E-state index in [1.165, 1.54) is 6.26 Å². The van der Waals surface area contributed by atoms with Crippen molar-refractivity contribution in [1.82, 2.24) is 0 Å². The molecule has 1 aromatic rings. The molecule has 0 N–H and O–H groups in total. The first kappa shape index (κ1) is 11.1. The highest BCUT2D eigenvalue weighted by molar-refractivity contribution is 6.52. The fourth-order valence-corrected chi connectivity index (χ4v) is 0.898. The lowest BCUT2D eigenvalue weighted by molar-refractivity contribution is -0.135. The van der Waals surface area contributed by atoms with Crippen LogP contribution in [0.5, 0.6) is 0 Å². The average molecular weight is 231 g/mol. The number of halogens is 2. The lowest BCUT2D eigenvalue weighted by atomic mass is 10.2. The van der Waals surface area contributed by atoms with Crippen LogP contribution in [0.1, 0.15) is 5.56 Å². The predicted molar refractivity (Wildman–Crippen MR) is 57.1 cm³/mol. The molecule has 4 heteroatoms. The molecule has 0 bridgehead atoms. The normalized spacial score (nSPS) is 10.8. The number of carbonyl (C=O) groups is 1. The molecule has 0 aliphatic heterocycles. The topological polar surface area (TPSA) is 26.3 Å². The molecule has 0 aliphatic carbocycles. The molecule has 0 spiro atoms. The molecule has 0 radical (unpaired) electrons. The van der Waals surface area contributed by atoms with Gasteiger partial charge in [0.05, 0.1) is 6.26 Å². The van der Waals surface area contributed by atoms with Crippen LogP contribution in [0.3, 0.4) is 0 Å². The quantitative estimate of drug-likeness (QED) is 0.454. The van der Waals surface area contributed by atoms with E-state index in [0.717, 1.165) is 5.56 Å². The summed E-state index contributed by atoms with van der Waals surface area (Å²) < 4.78 is 4.62. The number of benzene rings is 1. The van der Waals surface area contributed by atoms with Crippen molar-refractivity contribution >= 4 is 35.2 Å². The van der Waals surface area contributed by atoms with Gasteiger partial charge in [0.2, 0.25) is 4.84 Å². The van der Waals surface area contributed by atoms with Crippen molar-refractivity contribution in [2.45, 2.75) is 4.84 Å². The first-order valence-electron chi connectivity index (χ1n) is 3.90. The Morgan fingerprint density at radius 3 is 2.50 bits per heavy atom.